The fourth-order valence-electron chi connectivity index (χ4n) is 2.20. The Labute approximate surface area is 120 Å². The number of ether oxygens (including phenoxy) is 1. The van der Waals surface area contributed by atoms with Crippen molar-refractivity contribution in [3.05, 3.63) is 23.5 Å². The van der Waals surface area contributed by atoms with Crippen molar-refractivity contribution in [2.75, 3.05) is 13.1 Å². The molecular formula is C15H23N3O2. The Bertz CT molecular complexity index is 501. The summed E-state index contributed by atoms with van der Waals surface area (Å²) < 4.78 is 7.18. The maximum Gasteiger partial charge on any atom is 0.410 e. The van der Waals surface area contributed by atoms with E-state index in [1.54, 1.807) is 9.58 Å². The predicted molar refractivity (Wildman–Crippen MR) is 78.2 cm³/mol. The van der Waals surface area contributed by atoms with Crippen LogP contribution < -0.4 is 0 Å². The van der Waals surface area contributed by atoms with Gasteiger partial charge in [-0.2, -0.15) is 5.10 Å². The zero-order valence-corrected chi connectivity index (χ0v) is 12.7. The van der Waals surface area contributed by atoms with Crippen LogP contribution in [-0.2, 0) is 11.8 Å². The van der Waals surface area contributed by atoms with Gasteiger partial charge in [-0.1, -0.05) is 11.6 Å². The normalized spacial score (nSPS) is 16.2. The summed E-state index contributed by atoms with van der Waals surface area (Å²) in [7, 11) is 1.91. The summed E-state index contributed by atoms with van der Waals surface area (Å²) in [6, 6.07) is 0. The third-order valence-electron chi connectivity index (χ3n) is 3.15. The van der Waals surface area contributed by atoms with E-state index < -0.39 is 5.60 Å². The average molecular weight is 277 g/mol. The molecule has 0 N–H and O–H groups in total. The highest BCUT2D eigenvalue weighted by Crippen LogP contribution is 2.21. The Kier molecular flexibility index (Phi) is 4.16. The summed E-state index contributed by atoms with van der Waals surface area (Å²) >= 11 is 0. The van der Waals surface area contributed by atoms with Gasteiger partial charge in [-0.3, -0.25) is 4.68 Å². The first-order valence-corrected chi connectivity index (χ1v) is 6.99. The second-order valence-corrected chi connectivity index (χ2v) is 6.22. The molecule has 1 aromatic heterocycles. The third kappa shape index (κ3) is 4.11. The summed E-state index contributed by atoms with van der Waals surface area (Å²) in [5.74, 6) is 0. The summed E-state index contributed by atoms with van der Waals surface area (Å²) in [6.45, 7) is 7.12. The van der Waals surface area contributed by atoms with Crippen LogP contribution in [0.1, 0.15) is 39.2 Å². The second kappa shape index (κ2) is 5.69. The van der Waals surface area contributed by atoms with Crippen LogP contribution in [0.2, 0.25) is 0 Å². The number of nitrogens with zero attached hydrogens (tertiary/aromatic N) is 3. The molecule has 0 unspecified atom stereocenters. The lowest BCUT2D eigenvalue weighted by atomic mass is 10.0. The molecule has 0 bridgehead atoms. The van der Waals surface area contributed by atoms with Gasteiger partial charge in [-0.05, 0) is 33.6 Å². The first-order chi connectivity index (χ1) is 9.33. The van der Waals surface area contributed by atoms with Crippen LogP contribution in [0, 0.1) is 0 Å². The Morgan fingerprint density at radius 2 is 2.00 bits per heavy atom. The van der Waals surface area contributed by atoms with Gasteiger partial charge in [0.25, 0.3) is 0 Å². The van der Waals surface area contributed by atoms with Gasteiger partial charge in [-0.25, -0.2) is 4.79 Å². The molecule has 1 fully saturated rings. The number of rotatable bonds is 1. The molecule has 1 aliphatic heterocycles. The lowest BCUT2D eigenvalue weighted by Crippen LogP contribution is -2.40. The summed E-state index contributed by atoms with van der Waals surface area (Å²) in [6.07, 6.45) is 7.60. The highest BCUT2D eigenvalue weighted by Gasteiger charge is 2.24. The molecule has 0 radical (unpaired) electrons. The standard InChI is InChI=1S/C15H23N3O2/c1-15(2,3)20-14(19)18-7-5-12(6-8-18)9-13-10-16-17(4)11-13/h9-11H,5-8H2,1-4H3. The monoisotopic (exact) mass is 277 g/mol. The van der Waals surface area contributed by atoms with E-state index in [-0.39, 0.29) is 6.09 Å². The number of aryl methyl sites for hydroxylation is 1. The van der Waals surface area contributed by atoms with Gasteiger partial charge in [0, 0.05) is 31.9 Å². The topological polar surface area (TPSA) is 47.4 Å². The van der Waals surface area contributed by atoms with E-state index in [1.165, 1.54) is 5.57 Å². The Hall–Kier alpha value is -1.78. The number of carbonyl (C=O) groups is 1. The number of amides is 1. The van der Waals surface area contributed by atoms with Gasteiger partial charge in [0.1, 0.15) is 5.60 Å². The number of aromatic nitrogens is 2. The van der Waals surface area contributed by atoms with Crippen molar-refractivity contribution in [3.63, 3.8) is 0 Å². The molecule has 2 heterocycles. The molecule has 110 valence electrons. The third-order valence-corrected chi connectivity index (χ3v) is 3.15. The van der Waals surface area contributed by atoms with E-state index in [2.05, 4.69) is 11.2 Å². The molecule has 0 aromatic carbocycles. The van der Waals surface area contributed by atoms with E-state index in [0.29, 0.717) is 0 Å². The van der Waals surface area contributed by atoms with Gasteiger partial charge in [-0.15, -0.1) is 0 Å². The van der Waals surface area contributed by atoms with Crippen LogP contribution >= 0.6 is 0 Å². The van der Waals surface area contributed by atoms with E-state index >= 15 is 0 Å². The molecule has 1 saturated heterocycles. The quantitative estimate of drug-likeness (QED) is 0.793. The van der Waals surface area contributed by atoms with E-state index in [0.717, 1.165) is 31.5 Å². The summed E-state index contributed by atoms with van der Waals surface area (Å²) in [4.78, 5) is 13.7. The van der Waals surface area contributed by atoms with Crippen LogP contribution in [0.5, 0.6) is 0 Å². The van der Waals surface area contributed by atoms with Crippen LogP contribution in [0.4, 0.5) is 4.79 Å². The zero-order chi connectivity index (χ0) is 14.8. The molecule has 5 nitrogen and oxygen atoms in total. The van der Waals surface area contributed by atoms with Gasteiger partial charge < -0.3 is 9.64 Å². The largest absolute Gasteiger partial charge is 0.444 e. The minimum atomic E-state index is -0.428. The van der Waals surface area contributed by atoms with Gasteiger partial charge >= 0.3 is 6.09 Å². The van der Waals surface area contributed by atoms with Gasteiger partial charge in [0.05, 0.1) is 6.20 Å². The molecule has 1 aromatic rings. The minimum absolute atomic E-state index is 0.210. The molecule has 2 rings (SSSR count). The van der Waals surface area contributed by atoms with E-state index in [4.69, 9.17) is 4.74 Å². The van der Waals surface area contributed by atoms with Crippen LogP contribution in [0.15, 0.2) is 18.0 Å². The Balaban J connectivity index is 1.89. The van der Waals surface area contributed by atoms with Crippen LogP contribution in [0.3, 0.4) is 0 Å². The van der Waals surface area contributed by atoms with Crippen molar-refractivity contribution in [2.24, 2.45) is 7.05 Å². The smallest absolute Gasteiger partial charge is 0.410 e. The van der Waals surface area contributed by atoms with E-state index in [1.807, 2.05) is 40.2 Å². The molecular weight excluding hydrogens is 254 g/mol. The van der Waals surface area contributed by atoms with Crippen molar-refractivity contribution in [3.8, 4) is 0 Å². The molecule has 1 amide bonds. The average Bonchev–Trinajstić information content (AvgIpc) is 2.73. The first kappa shape index (κ1) is 14.6. The van der Waals surface area contributed by atoms with Crippen molar-refractivity contribution >= 4 is 12.2 Å². The highest BCUT2D eigenvalue weighted by atomic mass is 16.6. The SMILES string of the molecule is Cn1cc(C=C2CCN(C(=O)OC(C)(C)C)CC2)cn1. The lowest BCUT2D eigenvalue weighted by Gasteiger charge is -2.31. The number of likely N-dealkylation sites (tertiary alicyclic amines) is 1. The molecule has 0 saturated carbocycles. The fourth-order valence-corrected chi connectivity index (χ4v) is 2.20. The number of hydrogen-bond donors (Lipinski definition) is 0. The van der Waals surface area contributed by atoms with Crippen molar-refractivity contribution < 1.29 is 9.53 Å². The maximum absolute atomic E-state index is 12.0. The van der Waals surface area contributed by atoms with Crippen LogP contribution in [-0.4, -0.2) is 39.5 Å². The summed E-state index contributed by atoms with van der Waals surface area (Å²) in [5.41, 5.74) is 2.05. The molecule has 5 heteroatoms. The van der Waals surface area contributed by atoms with Gasteiger partial charge in [0.2, 0.25) is 0 Å². The number of piperidine rings is 1. The van der Waals surface area contributed by atoms with Gasteiger partial charge in [0.15, 0.2) is 0 Å². The Morgan fingerprint density at radius 1 is 1.35 bits per heavy atom. The lowest BCUT2D eigenvalue weighted by molar-refractivity contribution is 0.0237. The highest BCUT2D eigenvalue weighted by molar-refractivity contribution is 5.68. The summed E-state index contributed by atoms with van der Waals surface area (Å²) in [5, 5.41) is 4.15. The van der Waals surface area contributed by atoms with E-state index in [9.17, 15) is 4.79 Å². The fraction of sp³-hybridized carbons (Fsp3) is 0.600. The van der Waals surface area contributed by atoms with Crippen molar-refractivity contribution in [1.82, 2.24) is 14.7 Å². The second-order valence-electron chi connectivity index (χ2n) is 6.22. The molecule has 0 atom stereocenters. The minimum Gasteiger partial charge on any atom is -0.444 e. The number of carbonyl (C=O) groups excluding carboxylic acids is 1. The predicted octanol–water partition coefficient (Wildman–Crippen LogP) is 2.83. The zero-order valence-electron chi connectivity index (χ0n) is 12.7. The maximum atomic E-state index is 12.0. The number of hydrogen-bond acceptors (Lipinski definition) is 3. The molecule has 1 aliphatic rings. The van der Waals surface area contributed by atoms with Crippen molar-refractivity contribution in [2.45, 2.75) is 39.2 Å². The van der Waals surface area contributed by atoms with Crippen molar-refractivity contribution in [1.29, 1.82) is 0 Å². The molecule has 0 aliphatic carbocycles. The van der Waals surface area contributed by atoms with Crippen LogP contribution in [0.25, 0.3) is 6.08 Å². The molecule has 20 heavy (non-hydrogen) atoms. The Morgan fingerprint density at radius 3 is 2.50 bits per heavy atom. The first-order valence-electron chi connectivity index (χ1n) is 6.99. The molecule has 0 spiro atoms.